The third-order valence-electron chi connectivity index (χ3n) is 7.13. The second-order valence-corrected chi connectivity index (χ2v) is 9.73. The van der Waals surface area contributed by atoms with Crippen molar-refractivity contribution in [2.45, 2.75) is 32.2 Å². The van der Waals surface area contributed by atoms with Crippen molar-refractivity contribution < 1.29 is 14.3 Å². The number of likely N-dealkylation sites (tertiary alicyclic amines) is 1. The van der Waals surface area contributed by atoms with E-state index in [1.165, 1.54) is 24.8 Å². The number of carbonyl (C=O) groups excluding carboxylic acids is 1. The van der Waals surface area contributed by atoms with Crippen molar-refractivity contribution in [1.29, 1.82) is 0 Å². The summed E-state index contributed by atoms with van der Waals surface area (Å²) in [5, 5.41) is 3.04. The summed E-state index contributed by atoms with van der Waals surface area (Å²) in [5.41, 5.74) is 3.19. The Bertz CT molecular complexity index is 1100. The Balaban J connectivity index is 1.31. The van der Waals surface area contributed by atoms with Crippen LogP contribution in [0.3, 0.4) is 0 Å². The number of amides is 2. The van der Waals surface area contributed by atoms with Crippen molar-refractivity contribution >= 4 is 11.7 Å². The number of anilines is 1. The van der Waals surface area contributed by atoms with Gasteiger partial charge in [0.05, 0.1) is 19.9 Å². The van der Waals surface area contributed by atoms with E-state index in [0.29, 0.717) is 30.3 Å². The molecule has 2 amide bonds. The monoisotopic (exact) mass is 501 g/mol. The maximum Gasteiger partial charge on any atom is 0.322 e. The summed E-state index contributed by atoms with van der Waals surface area (Å²) in [4.78, 5) is 17.8. The van der Waals surface area contributed by atoms with Gasteiger partial charge in [0.25, 0.3) is 0 Å². The minimum atomic E-state index is -0.131. The van der Waals surface area contributed by atoms with Gasteiger partial charge >= 0.3 is 6.03 Å². The average Bonchev–Trinajstić information content (AvgIpc) is 2.94. The van der Waals surface area contributed by atoms with Crippen molar-refractivity contribution in [2.75, 3.05) is 45.7 Å². The van der Waals surface area contributed by atoms with Crippen LogP contribution in [0.15, 0.2) is 78.9 Å². The van der Waals surface area contributed by atoms with Crippen LogP contribution in [-0.2, 0) is 13.0 Å². The maximum atomic E-state index is 13.4. The molecule has 0 aliphatic carbocycles. The van der Waals surface area contributed by atoms with Crippen molar-refractivity contribution in [2.24, 2.45) is 5.92 Å². The number of ether oxygens (including phenoxy) is 2. The molecule has 3 aromatic carbocycles. The molecule has 0 bridgehead atoms. The van der Waals surface area contributed by atoms with E-state index < -0.39 is 0 Å². The van der Waals surface area contributed by atoms with Crippen molar-refractivity contribution in [3.63, 3.8) is 0 Å². The largest absolute Gasteiger partial charge is 0.497 e. The average molecular weight is 502 g/mol. The van der Waals surface area contributed by atoms with E-state index in [1.807, 2.05) is 35.2 Å². The highest BCUT2D eigenvalue weighted by Crippen LogP contribution is 2.29. The zero-order valence-electron chi connectivity index (χ0n) is 22.1. The third-order valence-corrected chi connectivity index (χ3v) is 7.13. The van der Waals surface area contributed by atoms with Crippen LogP contribution in [-0.4, -0.2) is 56.2 Å². The van der Waals surface area contributed by atoms with Gasteiger partial charge in [0.2, 0.25) is 0 Å². The van der Waals surface area contributed by atoms with Crippen LogP contribution in [0.5, 0.6) is 11.5 Å². The molecule has 0 radical (unpaired) electrons. The Morgan fingerprint density at radius 2 is 1.59 bits per heavy atom. The SMILES string of the molecule is COc1ccc(NC(=O)N(CCCN2CCC(Cc3ccccc3)CC2)Cc2ccccc2)c(OC)c1. The van der Waals surface area contributed by atoms with Gasteiger partial charge in [0.1, 0.15) is 11.5 Å². The highest BCUT2D eigenvalue weighted by Gasteiger charge is 2.21. The first kappa shape index (κ1) is 26.6. The molecule has 1 saturated heterocycles. The smallest absolute Gasteiger partial charge is 0.322 e. The Morgan fingerprint density at radius 3 is 2.24 bits per heavy atom. The molecule has 0 aromatic heterocycles. The summed E-state index contributed by atoms with van der Waals surface area (Å²) in [6, 6.07) is 26.2. The van der Waals surface area contributed by atoms with Crippen LogP contribution in [0.1, 0.15) is 30.4 Å². The van der Waals surface area contributed by atoms with Gasteiger partial charge in [-0.25, -0.2) is 4.79 Å². The van der Waals surface area contributed by atoms with Gasteiger partial charge < -0.3 is 24.6 Å². The highest BCUT2D eigenvalue weighted by atomic mass is 16.5. The quantitative estimate of drug-likeness (QED) is 0.346. The topological polar surface area (TPSA) is 54.0 Å². The molecule has 1 aliphatic heterocycles. The van der Waals surface area contributed by atoms with Crippen LogP contribution in [0.4, 0.5) is 10.5 Å². The number of methoxy groups -OCH3 is 2. The van der Waals surface area contributed by atoms with Crippen LogP contribution < -0.4 is 14.8 Å². The van der Waals surface area contributed by atoms with Gasteiger partial charge in [-0.05, 0) is 74.5 Å². The molecule has 0 atom stereocenters. The zero-order chi connectivity index (χ0) is 25.9. The minimum Gasteiger partial charge on any atom is -0.497 e. The molecule has 6 heteroatoms. The molecule has 0 unspecified atom stereocenters. The lowest BCUT2D eigenvalue weighted by atomic mass is 9.90. The van der Waals surface area contributed by atoms with Gasteiger partial charge in [0.15, 0.2) is 0 Å². The lowest BCUT2D eigenvalue weighted by Gasteiger charge is -2.32. The van der Waals surface area contributed by atoms with Gasteiger partial charge in [0, 0.05) is 19.2 Å². The predicted molar refractivity (Wildman–Crippen MR) is 149 cm³/mol. The van der Waals surface area contributed by atoms with E-state index in [-0.39, 0.29) is 6.03 Å². The normalized spacial score (nSPS) is 14.2. The molecule has 0 spiro atoms. The number of piperidine rings is 1. The standard InChI is InChI=1S/C31H39N3O3/c1-36-28-14-15-29(30(23-28)37-2)32-31(35)34(24-27-12-7-4-8-13-27)19-9-18-33-20-16-26(17-21-33)22-25-10-5-3-6-11-25/h3-8,10-15,23,26H,9,16-22,24H2,1-2H3,(H,32,35). The number of hydrogen-bond donors (Lipinski definition) is 1. The van der Waals surface area contributed by atoms with E-state index in [4.69, 9.17) is 9.47 Å². The molecule has 1 heterocycles. The molecular weight excluding hydrogens is 462 g/mol. The minimum absolute atomic E-state index is 0.131. The Hall–Kier alpha value is -3.51. The van der Waals surface area contributed by atoms with Gasteiger partial charge in [-0.2, -0.15) is 0 Å². The van der Waals surface area contributed by atoms with Crippen LogP contribution >= 0.6 is 0 Å². The first-order chi connectivity index (χ1) is 18.1. The fraction of sp³-hybridized carbons (Fsp3) is 0.387. The molecule has 1 N–H and O–H groups in total. The fourth-order valence-electron chi connectivity index (χ4n) is 5.00. The molecule has 1 fully saturated rings. The molecule has 37 heavy (non-hydrogen) atoms. The van der Waals surface area contributed by atoms with E-state index >= 15 is 0 Å². The summed E-state index contributed by atoms with van der Waals surface area (Å²) in [6.45, 7) is 4.51. The van der Waals surface area contributed by atoms with E-state index in [1.54, 1.807) is 20.3 Å². The zero-order valence-corrected chi connectivity index (χ0v) is 22.1. The molecule has 1 aliphatic rings. The molecule has 196 valence electrons. The van der Waals surface area contributed by atoms with E-state index in [9.17, 15) is 4.79 Å². The molecule has 0 saturated carbocycles. The molecule has 3 aromatic rings. The Labute approximate surface area is 221 Å². The number of nitrogens with one attached hydrogen (secondary N) is 1. The summed E-state index contributed by atoms with van der Waals surface area (Å²) < 4.78 is 10.8. The third kappa shape index (κ3) is 7.99. The van der Waals surface area contributed by atoms with Crippen molar-refractivity contribution in [3.05, 3.63) is 90.0 Å². The second kappa shape index (κ2) is 13.7. The van der Waals surface area contributed by atoms with Gasteiger partial charge in [-0.1, -0.05) is 60.7 Å². The van der Waals surface area contributed by atoms with Gasteiger partial charge in [-0.3, -0.25) is 0 Å². The van der Waals surface area contributed by atoms with Crippen LogP contribution in [0.2, 0.25) is 0 Å². The maximum absolute atomic E-state index is 13.4. The summed E-state index contributed by atoms with van der Waals surface area (Å²) >= 11 is 0. The van der Waals surface area contributed by atoms with E-state index in [0.717, 1.165) is 37.5 Å². The second-order valence-electron chi connectivity index (χ2n) is 9.73. The number of urea groups is 1. The van der Waals surface area contributed by atoms with Crippen molar-refractivity contribution in [1.82, 2.24) is 9.80 Å². The van der Waals surface area contributed by atoms with Gasteiger partial charge in [-0.15, -0.1) is 0 Å². The first-order valence-corrected chi connectivity index (χ1v) is 13.2. The van der Waals surface area contributed by atoms with Crippen molar-refractivity contribution in [3.8, 4) is 11.5 Å². The lowest BCUT2D eigenvalue weighted by Crippen LogP contribution is -2.39. The summed E-state index contributed by atoms with van der Waals surface area (Å²) in [5.74, 6) is 2.02. The Kier molecular flexibility index (Phi) is 9.83. The number of carbonyl (C=O) groups is 1. The number of nitrogens with zero attached hydrogens (tertiary/aromatic N) is 2. The number of hydrogen-bond acceptors (Lipinski definition) is 4. The molecular formula is C31H39N3O3. The highest BCUT2D eigenvalue weighted by molar-refractivity contribution is 5.91. The Morgan fingerprint density at radius 1 is 0.919 bits per heavy atom. The summed E-state index contributed by atoms with van der Waals surface area (Å²) in [7, 11) is 3.20. The summed E-state index contributed by atoms with van der Waals surface area (Å²) in [6.07, 6.45) is 4.58. The number of benzene rings is 3. The van der Waals surface area contributed by atoms with Crippen LogP contribution in [0, 0.1) is 5.92 Å². The lowest BCUT2D eigenvalue weighted by molar-refractivity contribution is 0.170. The first-order valence-electron chi connectivity index (χ1n) is 13.2. The predicted octanol–water partition coefficient (Wildman–Crippen LogP) is 6.08. The van der Waals surface area contributed by atoms with E-state index in [2.05, 4.69) is 52.7 Å². The molecule has 6 nitrogen and oxygen atoms in total. The van der Waals surface area contributed by atoms with Crippen LogP contribution in [0.25, 0.3) is 0 Å². The number of rotatable bonds is 11. The fourth-order valence-corrected chi connectivity index (χ4v) is 5.00. The molecule has 4 rings (SSSR count).